The van der Waals surface area contributed by atoms with Crippen LogP contribution in [0.4, 0.5) is 0 Å². The molecular weight excluding hydrogens is 226 g/mol. The van der Waals surface area contributed by atoms with E-state index in [9.17, 15) is 14.4 Å². The third-order valence-electron chi connectivity index (χ3n) is 2.10. The Morgan fingerprint density at radius 1 is 1.29 bits per heavy atom. The van der Waals surface area contributed by atoms with E-state index in [0.29, 0.717) is 6.42 Å². The second-order valence-electron chi connectivity index (χ2n) is 4.30. The first-order valence-electron chi connectivity index (χ1n) is 5.31. The number of aliphatic carboxylic acids is 1. The van der Waals surface area contributed by atoms with E-state index in [2.05, 4.69) is 5.32 Å². The summed E-state index contributed by atoms with van der Waals surface area (Å²) < 4.78 is 0. The predicted molar refractivity (Wildman–Crippen MR) is 60.8 cm³/mol. The fraction of sp³-hybridized carbons (Fsp3) is 0.700. The van der Waals surface area contributed by atoms with Gasteiger partial charge in [0.2, 0.25) is 11.8 Å². The zero-order valence-electron chi connectivity index (χ0n) is 9.97. The topological polar surface area (TPSA) is 136 Å². The molecule has 0 aliphatic carbocycles. The highest BCUT2D eigenvalue weighted by atomic mass is 16.4. The monoisotopic (exact) mass is 245 g/mol. The number of carboxylic acids is 1. The molecule has 0 bridgehead atoms. The van der Waals surface area contributed by atoms with E-state index in [1.54, 1.807) is 0 Å². The highest BCUT2D eigenvalue weighted by Gasteiger charge is 2.23. The van der Waals surface area contributed by atoms with Gasteiger partial charge in [0.15, 0.2) is 0 Å². The number of carbonyl (C=O) groups excluding carboxylic acids is 2. The van der Waals surface area contributed by atoms with E-state index in [0.717, 1.165) is 0 Å². The van der Waals surface area contributed by atoms with Gasteiger partial charge in [0.05, 0.1) is 12.5 Å². The van der Waals surface area contributed by atoms with Gasteiger partial charge in [-0.3, -0.25) is 14.4 Å². The third-order valence-corrected chi connectivity index (χ3v) is 2.10. The molecule has 7 nitrogen and oxygen atoms in total. The molecule has 0 fully saturated rings. The van der Waals surface area contributed by atoms with Crippen molar-refractivity contribution in [2.45, 2.75) is 38.8 Å². The largest absolute Gasteiger partial charge is 0.481 e. The SMILES string of the molecule is CC(C)C[C@@H](NC(=O)[C@@H](N)CC(=O)O)C(N)=O. The molecule has 2 atom stereocenters. The lowest BCUT2D eigenvalue weighted by Crippen LogP contribution is -2.51. The molecule has 0 aliphatic heterocycles. The van der Waals surface area contributed by atoms with Gasteiger partial charge in [-0.1, -0.05) is 13.8 Å². The van der Waals surface area contributed by atoms with Crippen molar-refractivity contribution in [1.82, 2.24) is 5.32 Å². The van der Waals surface area contributed by atoms with Crippen molar-refractivity contribution < 1.29 is 19.5 Å². The van der Waals surface area contributed by atoms with Crippen LogP contribution in [0.3, 0.4) is 0 Å². The van der Waals surface area contributed by atoms with Crippen LogP contribution in [0, 0.1) is 5.92 Å². The zero-order chi connectivity index (χ0) is 13.6. The second-order valence-corrected chi connectivity index (χ2v) is 4.30. The molecule has 0 saturated carbocycles. The van der Waals surface area contributed by atoms with E-state index in [4.69, 9.17) is 16.6 Å². The Balaban J connectivity index is 4.39. The Bertz CT molecular complexity index is 304. The first-order valence-corrected chi connectivity index (χ1v) is 5.31. The summed E-state index contributed by atoms with van der Waals surface area (Å²) in [6.45, 7) is 3.75. The molecule has 0 aromatic carbocycles. The van der Waals surface area contributed by atoms with Gasteiger partial charge in [-0.2, -0.15) is 0 Å². The fourth-order valence-electron chi connectivity index (χ4n) is 1.28. The van der Waals surface area contributed by atoms with Gasteiger partial charge in [-0.15, -0.1) is 0 Å². The van der Waals surface area contributed by atoms with E-state index >= 15 is 0 Å². The summed E-state index contributed by atoms with van der Waals surface area (Å²) in [6.07, 6.45) is -0.0974. The maximum Gasteiger partial charge on any atom is 0.305 e. The average molecular weight is 245 g/mol. The van der Waals surface area contributed by atoms with Gasteiger partial charge < -0.3 is 21.9 Å². The van der Waals surface area contributed by atoms with Gasteiger partial charge in [0.1, 0.15) is 6.04 Å². The Kier molecular flexibility index (Phi) is 6.19. The molecule has 2 amide bonds. The van der Waals surface area contributed by atoms with Crippen LogP contribution in [0.25, 0.3) is 0 Å². The van der Waals surface area contributed by atoms with Gasteiger partial charge in [0.25, 0.3) is 0 Å². The van der Waals surface area contributed by atoms with Crippen molar-refractivity contribution >= 4 is 17.8 Å². The molecule has 0 radical (unpaired) electrons. The van der Waals surface area contributed by atoms with E-state index < -0.39 is 36.3 Å². The summed E-state index contributed by atoms with van der Waals surface area (Å²) in [5.41, 5.74) is 10.5. The number of hydrogen-bond acceptors (Lipinski definition) is 4. The number of nitrogens with two attached hydrogens (primary N) is 2. The highest BCUT2D eigenvalue weighted by Crippen LogP contribution is 2.04. The fourth-order valence-corrected chi connectivity index (χ4v) is 1.28. The molecule has 0 aliphatic rings. The quantitative estimate of drug-likeness (QED) is 0.447. The van der Waals surface area contributed by atoms with E-state index in [1.807, 2.05) is 13.8 Å². The van der Waals surface area contributed by atoms with Crippen LogP contribution in [0.1, 0.15) is 26.7 Å². The Hall–Kier alpha value is -1.63. The normalized spacial score (nSPS) is 14.1. The van der Waals surface area contributed by atoms with Crippen molar-refractivity contribution in [3.63, 3.8) is 0 Å². The number of rotatable bonds is 7. The van der Waals surface area contributed by atoms with E-state index in [1.165, 1.54) is 0 Å². The molecular formula is C10H19N3O4. The number of carbonyl (C=O) groups is 3. The molecule has 17 heavy (non-hydrogen) atoms. The van der Waals surface area contributed by atoms with Crippen LogP contribution in [-0.4, -0.2) is 35.0 Å². The van der Waals surface area contributed by atoms with Crippen LogP contribution >= 0.6 is 0 Å². The highest BCUT2D eigenvalue weighted by molar-refractivity contribution is 5.90. The minimum atomic E-state index is -1.18. The molecule has 0 aromatic rings. The molecule has 0 saturated heterocycles. The van der Waals surface area contributed by atoms with Crippen LogP contribution < -0.4 is 16.8 Å². The molecule has 0 unspecified atom stereocenters. The Labute approximate surface area is 99.5 Å². The number of carboxylic acid groups (broad SMARTS) is 1. The van der Waals surface area contributed by atoms with Gasteiger partial charge >= 0.3 is 5.97 Å². The summed E-state index contributed by atoms with van der Waals surface area (Å²) in [4.78, 5) is 32.9. The molecule has 0 heterocycles. The van der Waals surface area contributed by atoms with Gasteiger partial charge in [-0.25, -0.2) is 0 Å². The number of amides is 2. The first kappa shape index (κ1) is 15.4. The number of hydrogen-bond donors (Lipinski definition) is 4. The maximum atomic E-state index is 11.5. The summed E-state index contributed by atoms with van der Waals surface area (Å²) in [5.74, 6) is -2.35. The Morgan fingerprint density at radius 3 is 2.18 bits per heavy atom. The minimum absolute atomic E-state index is 0.170. The first-order chi connectivity index (χ1) is 7.73. The van der Waals surface area contributed by atoms with Crippen LogP contribution in [0.15, 0.2) is 0 Å². The van der Waals surface area contributed by atoms with Crippen LogP contribution in [0.2, 0.25) is 0 Å². The smallest absolute Gasteiger partial charge is 0.305 e. The van der Waals surface area contributed by atoms with Crippen molar-refractivity contribution in [2.75, 3.05) is 0 Å². The average Bonchev–Trinajstić information content (AvgIpc) is 2.14. The Morgan fingerprint density at radius 2 is 1.82 bits per heavy atom. The van der Waals surface area contributed by atoms with Crippen molar-refractivity contribution in [3.05, 3.63) is 0 Å². The second kappa shape index (κ2) is 6.85. The lowest BCUT2D eigenvalue weighted by atomic mass is 10.0. The summed E-state index contributed by atoms with van der Waals surface area (Å²) in [7, 11) is 0. The summed E-state index contributed by atoms with van der Waals surface area (Å²) >= 11 is 0. The summed E-state index contributed by atoms with van der Waals surface area (Å²) in [5, 5.41) is 10.8. The molecule has 6 N–H and O–H groups in total. The molecule has 0 rings (SSSR count). The lowest BCUT2D eigenvalue weighted by molar-refractivity contribution is -0.139. The van der Waals surface area contributed by atoms with Crippen LogP contribution in [0.5, 0.6) is 0 Å². The van der Waals surface area contributed by atoms with Gasteiger partial charge in [0, 0.05) is 0 Å². The summed E-state index contributed by atoms with van der Waals surface area (Å²) in [6, 6.07) is -2.00. The maximum absolute atomic E-state index is 11.5. The van der Waals surface area contributed by atoms with Crippen LogP contribution in [-0.2, 0) is 14.4 Å². The van der Waals surface area contributed by atoms with Crippen molar-refractivity contribution in [1.29, 1.82) is 0 Å². The number of nitrogens with one attached hydrogen (secondary N) is 1. The zero-order valence-corrected chi connectivity index (χ0v) is 9.97. The van der Waals surface area contributed by atoms with Gasteiger partial charge in [-0.05, 0) is 12.3 Å². The van der Waals surface area contributed by atoms with E-state index in [-0.39, 0.29) is 5.92 Å². The molecule has 0 aromatic heterocycles. The third kappa shape index (κ3) is 6.52. The van der Waals surface area contributed by atoms with Crippen molar-refractivity contribution in [2.24, 2.45) is 17.4 Å². The molecule has 0 spiro atoms. The minimum Gasteiger partial charge on any atom is -0.481 e. The molecule has 7 heteroatoms. The number of primary amides is 1. The lowest BCUT2D eigenvalue weighted by Gasteiger charge is -2.19. The van der Waals surface area contributed by atoms with Crippen molar-refractivity contribution in [3.8, 4) is 0 Å². The predicted octanol–water partition coefficient (Wildman–Crippen LogP) is -1.20. The molecule has 98 valence electrons. The standard InChI is InChI=1S/C10H19N3O4/c1-5(2)3-7(9(12)16)13-10(17)6(11)4-8(14)15/h5-7H,3-4,11H2,1-2H3,(H2,12,16)(H,13,17)(H,14,15)/t6-,7+/m0/s1.